The van der Waals surface area contributed by atoms with Crippen molar-refractivity contribution in [2.75, 3.05) is 6.54 Å². The Balaban J connectivity index is 1.89. The van der Waals surface area contributed by atoms with Gasteiger partial charge in [-0.25, -0.2) is 5.10 Å². The number of aromatic amines is 1. The lowest BCUT2D eigenvalue weighted by Crippen LogP contribution is -2.32. The van der Waals surface area contributed by atoms with Crippen molar-refractivity contribution in [3.8, 4) is 0 Å². The Morgan fingerprint density at radius 3 is 2.60 bits per heavy atom. The van der Waals surface area contributed by atoms with E-state index in [2.05, 4.69) is 22.4 Å². The molecule has 0 atom stereocenters. The monoisotopic (exact) mass is 271 g/mol. The summed E-state index contributed by atoms with van der Waals surface area (Å²) in [5, 5.41) is 12.3. The van der Waals surface area contributed by atoms with Gasteiger partial charge in [0.15, 0.2) is 0 Å². The fraction of sp³-hybridized carbons (Fsp3) is 0.500. The lowest BCUT2D eigenvalue weighted by molar-refractivity contribution is 0.344. The van der Waals surface area contributed by atoms with Gasteiger partial charge in [0.2, 0.25) is 0 Å². The number of aromatic nitrogens is 2. The Morgan fingerprint density at radius 1 is 1.20 bits per heavy atom. The quantitative estimate of drug-likeness (QED) is 0.902. The van der Waals surface area contributed by atoms with Crippen LogP contribution in [0.3, 0.4) is 0 Å². The van der Waals surface area contributed by atoms with Crippen molar-refractivity contribution in [3.63, 3.8) is 0 Å². The summed E-state index contributed by atoms with van der Waals surface area (Å²) in [5.74, 6) is 0.464. The molecule has 1 fully saturated rings. The molecule has 4 heteroatoms. The van der Waals surface area contributed by atoms with E-state index in [4.69, 9.17) is 0 Å². The van der Waals surface area contributed by atoms with Crippen LogP contribution in [0.25, 0.3) is 10.8 Å². The van der Waals surface area contributed by atoms with Crippen LogP contribution in [0.1, 0.15) is 44.2 Å². The molecular formula is C16H21N3O. The molecule has 2 aromatic rings. The van der Waals surface area contributed by atoms with Gasteiger partial charge in [0.25, 0.3) is 5.56 Å². The van der Waals surface area contributed by atoms with Crippen molar-refractivity contribution >= 4 is 10.8 Å². The number of nitrogens with one attached hydrogen (secondary N) is 2. The smallest absolute Gasteiger partial charge is 0.272 e. The van der Waals surface area contributed by atoms with Crippen molar-refractivity contribution in [2.45, 2.75) is 44.6 Å². The van der Waals surface area contributed by atoms with E-state index in [0.29, 0.717) is 12.0 Å². The van der Waals surface area contributed by atoms with Gasteiger partial charge < -0.3 is 5.32 Å². The zero-order valence-corrected chi connectivity index (χ0v) is 11.9. The van der Waals surface area contributed by atoms with Gasteiger partial charge in [0.05, 0.1) is 11.1 Å². The van der Waals surface area contributed by atoms with E-state index in [1.165, 1.54) is 12.8 Å². The van der Waals surface area contributed by atoms with E-state index in [1.54, 1.807) is 0 Å². The summed E-state index contributed by atoms with van der Waals surface area (Å²) in [7, 11) is 0. The molecule has 20 heavy (non-hydrogen) atoms. The Labute approximate surface area is 118 Å². The zero-order chi connectivity index (χ0) is 13.9. The highest BCUT2D eigenvalue weighted by atomic mass is 16.1. The molecule has 4 nitrogen and oxygen atoms in total. The number of fused-ring (bicyclic) bond motifs is 1. The minimum atomic E-state index is -0.0920. The molecule has 1 aromatic heterocycles. The average Bonchev–Trinajstić information content (AvgIpc) is 2.49. The van der Waals surface area contributed by atoms with E-state index >= 15 is 0 Å². The van der Waals surface area contributed by atoms with Crippen LogP contribution in [-0.4, -0.2) is 22.8 Å². The highest BCUT2D eigenvalue weighted by molar-refractivity contribution is 5.83. The molecule has 0 aliphatic heterocycles. The lowest BCUT2D eigenvalue weighted by Gasteiger charge is -2.28. The molecule has 1 aliphatic carbocycles. The second-order valence-electron chi connectivity index (χ2n) is 5.59. The fourth-order valence-electron chi connectivity index (χ4n) is 3.31. The van der Waals surface area contributed by atoms with Crippen LogP contribution in [0.15, 0.2) is 29.1 Å². The molecule has 1 aromatic carbocycles. The molecule has 0 saturated heterocycles. The molecule has 0 bridgehead atoms. The summed E-state index contributed by atoms with van der Waals surface area (Å²) < 4.78 is 0. The SMILES string of the molecule is CCNC1CCC(c2n[nH]c(=O)c3ccccc23)CC1. The molecule has 0 amide bonds. The van der Waals surface area contributed by atoms with Gasteiger partial charge in [0.1, 0.15) is 0 Å². The van der Waals surface area contributed by atoms with Crippen molar-refractivity contribution in [1.82, 2.24) is 15.5 Å². The maximum Gasteiger partial charge on any atom is 0.272 e. The average molecular weight is 271 g/mol. The summed E-state index contributed by atoms with van der Waals surface area (Å²) in [5.41, 5.74) is 0.973. The van der Waals surface area contributed by atoms with Crippen LogP contribution in [0.4, 0.5) is 0 Å². The largest absolute Gasteiger partial charge is 0.314 e. The fourth-order valence-corrected chi connectivity index (χ4v) is 3.31. The molecule has 1 aliphatic rings. The first-order valence-corrected chi connectivity index (χ1v) is 7.50. The van der Waals surface area contributed by atoms with E-state index in [1.807, 2.05) is 24.3 Å². The third-order valence-corrected chi connectivity index (χ3v) is 4.33. The highest BCUT2D eigenvalue weighted by Crippen LogP contribution is 2.34. The van der Waals surface area contributed by atoms with Gasteiger partial charge in [-0.15, -0.1) is 0 Å². The van der Waals surface area contributed by atoms with Crippen LogP contribution in [0, 0.1) is 0 Å². The summed E-state index contributed by atoms with van der Waals surface area (Å²) >= 11 is 0. The first kappa shape index (κ1) is 13.3. The predicted molar refractivity (Wildman–Crippen MR) is 81.0 cm³/mol. The maximum atomic E-state index is 11.8. The molecule has 3 rings (SSSR count). The Hall–Kier alpha value is -1.68. The number of rotatable bonds is 3. The lowest BCUT2D eigenvalue weighted by atomic mass is 9.83. The van der Waals surface area contributed by atoms with Gasteiger partial charge >= 0.3 is 0 Å². The summed E-state index contributed by atoms with van der Waals surface area (Å²) in [6.07, 6.45) is 4.66. The van der Waals surface area contributed by atoms with Gasteiger partial charge in [-0.1, -0.05) is 25.1 Å². The van der Waals surface area contributed by atoms with Gasteiger partial charge in [-0.2, -0.15) is 5.10 Å². The Kier molecular flexibility index (Phi) is 3.83. The van der Waals surface area contributed by atoms with Crippen molar-refractivity contribution in [3.05, 3.63) is 40.3 Å². The predicted octanol–water partition coefficient (Wildman–Crippen LogP) is 2.56. The normalized spacial score (nSPS) is 23.1. The molecular weight excluding hydrogens is 250 g/mol. The summed E-state index contributed by atoms with van der Waals surface area (Å²) in [6.45, 7) is 3.19. The topological polar surface area (TPSA) is 57.8 Å². The Morgan fingerprint density at radius 2 is 1.90 bits per heavy atom. The van der Waals surface area contributed by atoms with E-state index in [-0.39, 0.29) is 5.56 Å². The third-order valence-electron chi connectivity index (χ3n) is 4.33. The Bertz CT molecular complexity index is 641. The molecule has 0 spiro atoms. The van der Waals surface area contributed by atoms with Gasteiger partial charge in [-0.3, -0.25) is 4.79 Å². The molecule has 1 saturated carbocycles. The molecule has 0 radical (unpaired) electrons. The summed E-state index contributed by atoms with van der Waals surface area (Å²) in [6, 6.07) is 8.43. The van der Waals surface area contributed by atoms with Crippen molar-refractivity contribution in [1.29, 1.82) is 0 Å². The van der Waals surface area contributed by atoms with Crippen LogP contribution in [0.5, 0.6) is 0 Å². The van der Waals surface area contributed by atoms with Crippen LogP contribution in [-0.2, 0) is 0 Å². The maximum absolute atomic E-state index is 11.8. The van der Waals surface area contributed by atoms with Crippen molar-refractivity contribution in [2.24, 2.45) is 0 Å². The number of H-pyrrole nitrogens is 1. The number of hydrogen-bond acceptors (Lipinski definition) is 3. The van der Waals surface area contributed by atoms with E-state index in [9.17, 15) is 4.79 Å². The number of benzene rings is 1. The second kappa shape index (κ2) is 5.75. The molecule has 2 N–H and O–H groups in total. The van der Waals surface area contributed by atoms with Gasteiger partial charge in [-0.05, 0) is 38.3 Å². The molecule has 1 heterocycles. The number of hydrogen-bond donors (Lipinski definition) is 2. The first-order chi connectivity index (χ1) is 9.79. The zero-order valence-electron chi connectivity index (χ0n) is 11.9. The van der Waals surface area contributed by atoms with E-state index in [0.717, 1.165) is 35.9 Å². The second-order valence-corrected chi connectivity index (χ2v) is 5.59. The third kappa shape index (κ3) is 2.48. The molecule has 106 valence electrons. The van der Waals surface area contributed by atoms with Crippen LogP contribution in [0.2, 0.25) is 0 Å². The minimum Gasteiger partial charge on any atom is -0.314 e. The minimum absolute atomic E-state index is 0.0920. The van der Waals surface area contributed by atoms with Gasteiger partial charge in [0, 0.05) is 17.3 Å². The summed E-state index contributed by atoms with van der Waals surface area (Å²) in [4.78, 5) is 11.8. The standard InChI is InChI=1S/C16H21N3O/c1-2-17-12-9-7-11(8-10-12)15-13-5-3-4-6-14(13)16(20)19-18-15/h3-6,11-12,17H,2,7-10H2,1H3,(H,19,20). The van der Waals surface area contributed by atoms with Crippen molar-refractivity contribution < 1.29 is 0 Å². The van der Waals surface area contributed by atoms with E-state index < -0.39 is 0 Å². The van der Waals surface area contributed by atoms with Crippen LogP contribution >= 0.6 is 0 Å². The first-order valence-electron chi connectivity index (χ1n) is 7.50. The van der Waals surface area contributed by atoms with Crippen LogP contribution < -0.4 is 10.9 Å². The number of nitrogens with zero attached hydrogens (tertiary/aromatic N) is 1. The molecule has 0 unspecified atom stereocenters. The highest BCUT2D eigenvalue weighted by Gasteiger charge is 2.24.